The van der Waals surface area contributed by atoms with Crippen LogP contribution in [-0.2, 0) is 32.6 Å². The van der Waals surface area contributed by atoms with E-state index in [9.17, 15) is 18.0 Å². The number of nitrogens with one attached hydrogen (secondary N) is 1. The van der Waals surface area contributed by atoms with Gasteiger partial charge in [-0.2, -0.15) is 0 Å². The summed E-state index contributed by atoms with van der Waals surface area (Å²) >= 11 is 18.7. The second-order valence-corrected chi connectivity index (χ2v) is 12.6. The topological polar surface area (TPSA) is 86.8 Å². The summed E-state index contributed by atoms with van der Waals surface area (Å²) in [6.07, 6.45) is 1.91. The number of carbonyl (C=O) groups is 2. The largest absolute Gasteiger partial charge is 0.352 e. The maximum Gasteiger partial charge on any atom is 0.244 e. The van der Waals surface area contributed by atoms with E-state index in [0.717, 1.165) is 16.1 Å². The molecule has 0 bridgehead atoms. The number of amides is 2. The molecule has 0 aliphatic carbocycles. The number of para-hydroxylation sites is 1. The number of carbonyl (C=O) groups excluding carboxylic acids is 2. The molecule has 3 rings (SSSR count). The summed E-state index contributed by atoms with van der Waals surface area (Å²) in [5.41, 5.74) is 1.63. The van der Waals surface area contributed by atoms with Crippen LogP contribution in [-0.4, -0.2) is 50.0 Å². The van der Waals surface area contributed by atoms with Crippen LogP contribution in [0.1, 0.15) is 31.4 Å². The van der Waals surface area contributed by atoms with Gasteiger partial charge in [0.05, 0.1) is 27.0 Å². The van der Waals surface area contributed by atoms with E-state index in [1.165, 1.54) is 11.0 Å². The molecule has 0 fully saturated rings. The minimum atomic E-state index is -3.92. The number of halogens is 3. The summed E-state index contributed by atoms with van der Waals surface area (Å²) in [4.78, 5) is 29.1. The van der Waals surface area contributed by atoms with Crippen LogP contribution in [0.25, 0.3) is 0 Å². The Balaban J connectivity index is 2.09. The van der Waals surface area contributed by atoms with Gasteiger partial charge in [0.1, 0.15) is 12.6 Å². The predicted molar refractivity (Wildman–Crippen MR) is 162 cm³/mol. The summed E-state index contributed by atoms with van der Waals surface area (Å²) in [6, 6.07) is 19.5. The van der Waals surface area contributed by atoms with Gasteiger partial charge in [-0.1, -0.05) is 90.3 Å². The van der Waals surface area contributed by atoms with E-state index in [0.29, 0.717) is 22.0 Å². The third-order valence-corrected chi connectivity index (χ3v) is 8.59. The molecular formula is C29H32Cl3N3O4S. The molecule has 0 aliphatic heterocycles. The third-order valence-electron chi connectivity index (χ3n) is 6.41. The molecular weight excluding hydrogens is 593 g/mol. The lowest BCUT2D eigenvalue weighted by atomic mass is 10.0. The molecule has 0 aliphatic rings. The molecule has 0 radical (unpaired) electrons. The monoisotopic (exact) mass is 623 g/mol. The molecule has 0 aromatic heterocycles. The third kappa shape index (κ3) is 8.61. The molecule has 1 N–H and O–H groups in total. The first kappa shape index (κ1) is 31.7. The first-order valence-electron chi connectivity index (χ1n) is 12.7. The Morgan fingerprint density at radius 1 is 0.875 bits per heavy atom. The Bertz CT molecular complexity index is 1440. The smallest absolute Gasteiger partial charge is 0.244 e. The van der Waals surface area contributed by atoms with Crippen molar-refractivity contribution >= 4 is 62.3 Å². The van der Waals surface area contributed by atoms with Crippen molar-refractivity contribution in [2.24, 2.45) is 0 Å². The van der Waals surface area contributed by atoms with E-state index in [4.69, 9.17) is 34.8 Å². The minimum Gasteiger partial charge on any atom is -0.352 e. The number of nitrogens with zero attached hydrogens (tertiary/aromatic N) is 2. The second-order valence-electron chi connectivity index (χ2n) is 9.51. The first-order chi connectivity index (χ1) is 18.9. The van der Waals surface area contributed by atoms with Gasteiger partial charge in [-0.15, -0.1) is 0 Å². The van der Waals surface area contributed by atoms with Crippen LogP contribution in [0, 0.1) is 0 Å². The van der Waals surface area contributed by atoms with Crippen molar-refractivity contribution in [3.8, 4) is 0 Å². The van der Waals surface area contributed by atoms with Crippen molar-refractivity contribution < 1.29 is 18.0 Å². The van der Waals surface area contributed by atoms with Crippen LogP contribution in [0.4, 0.5) is 5.69 Å². The first-order valence-corrected chi connectivity index (χ1v) is 15.7. The Morgan fingerprint density at radius 2 is 1.52 bits per heavy atom. The van der Waals surface area contributed by atoms with E-state index >= 15 is 0 Å². The summed E-state index contributed by atoms with van der Waals surface area (Å²) in [6.45, 7) is 3.25. The van der Waals surface area contributed by atoms with E-state index < -0.39 is 28.5 Å². The molecule has 3 aromatic carbocycles. The Kier molecular flexibility index (Phi) is 11.3. The number of sulfonamides is 1. The molecule has 7 nitrogen and oxygen atoms in total. The Labute approximate surface area is 251 Å². The molecule has 0 unspecified atom stereocenters. The van der Waals surface area contributed by atoms with Crippen LogP contribution in [0.3, 0.4) is 0 Å². The lowest BCUT2D eigenvalue weighted by Crippen LogP contribution is -2.54. The average molecular weight is 625 g/mol. The van der Waals surface area contributed by atoms with Crippen molar-refractivity contribution in [1.82, 2.24) is 10.2 Å². The van der Waals surface area contributed by atoms with Gasteiger partial charge < -0.3 is 10.2 Å². The molecule has 0 heterocycles. The van der Waals surface area contributed by atoms with Crippen LogP contribution in [0.15, 0.2) is 72.8 Å². The zero-order valence-electron chi connectivity index (χ0n) is 22.5. The van der Waals surface area contributed by atoms with Gasteiger partial charge in [0.15, 0.2) is 0 Å². The highest BCUT2D eigenvalue weighted by Crippen LogP contribution is 2.28. The standard InChI is InChI=1S/C29H32Cl3N3O4S/c1-4-20(2)33-29(37)27(17-21-10-6-5-7-11-21)34(18-22-14-15-23(30)25(32)16-22)28(36)19-35(40(3,38)39)26-13-9-8-12-24(26)31/h5-16,20,27H,4,17-19H2,1-3H3,(H,33,37)/t20-,27+/m1/s1. The minimum absolute atomic E-state index is 0.0126. The van der Waals surface area contributed by atoms with E-state index in [2.05, 4.69) is 5.32 Å². The number of hydrogen-bond donors (Lipinski definition) is 1. The van der Waals surface area contributed by atoms with Gasteiger partial charge in [0.2, 0.25) is 21.8 Å². The Hall–Kier alpha value is -2.78. The predicted octanol–water partition coefficient (Wildman–Crippen LogP) is 5.97. The molecule has 0 saturated carbocycles. The maximum absolute atomic E-state index is 14.1. The van der Waals surface area contributed by atoms with Gasteiger partial charge in [0.25, 0.3) is 0 Å². The van der Waals surface area contributed by atoms with Crippen molar-refractivity contribution in [2.75, 3.05) is 17.1 Å². The van der Waals surface area contributed by atoms with Crippen LogP contribution >= 0.6 is 34.8 Å². The lowest BCUT2D eigenvalue weighted by molar-refractivity contribution is -0.140. The van der Waals surface area contributed by atoms with Crippen molar-refractivity contribution in [2.45, 2.75) is 45.3 Å². The van der Waals surface area contributed by atoms with Gasteiger partial charge in [-0.05, 0) is 48.7 Å². The number of anilines is 1. The normalized spacial score (nSPS) is 12.8. The fourth-order valence-corrected chi connectivity index (χ4v) is 5.55. The maximum atomic E-state index is 14.1. The van der Waals surface area contributed by atoms with Crippen LogP contribution in [0.2, 0.25) is 15.1 Å². The lowest BCUT2D eigenvalue weighted by Gasteiger charge is -2.34. The summed E-state index contributed by atoms with van der Waals surface area (Å²) in [5.74, 6) is -0.938. The second kappa shape index (κ2) is 14.2. The molecule has 3 aromatic rings. The van der Waals surface area contributed by atoms with Gasteiger partial charge >= 0.3 is 0 Å². The molecule has 40 heavy (non-hydrogen) atoms. The molecule has 2 atom stereocenters. The van der Waals surface area contributed by atoms with Crippen molar-refractivity contribution in [1.29, 1.82) is 0 Å². The molecule has 0 spiro atoms. The van der Waals surface area contributed by atoms with E-state index in [-0.39, 0.29) is 35.6 Å². The quantitative estimate of drug-likeness (QED) is 0.269. The highest BCUT2D eigenvalue weighted by Gasteiger charge is 2.34. The highest BCUT2D eigenvalue weighted by molar-refractivity contribution is 7.92. The van der Waals surface area contributed by atoms with Gasteiger partial charge in [-0.3, -0.25) is 13.9 Å². The molecule has 2 amide bonds. The Morgan fingerprint density at radius 3 is 2.12 bits per heavy atom. The zero-order valence-corrected chi connectivity index (χ0v) is 25.6. The fourth-order valence-electron chi connectivity index (χ4n) is 4.08. The van der Waals surface area contributed by atoms with Crippen molar-refractivity contribution in [3.63, 3.8) is 0 Å². The highest BCUT2D eigenvalue weighted by atomic mass is 35.5. The SMILES string of the molecule is CC[C@@H](C)NC(=O)[C@H](Cc1ccccc1)N(Cc1ccc(Cl)c(Cl)c1)C(=O)CN(c1ccccc1Cl)S(C)(=O)=O. The van der Waals surface area contributed by atoms with E-state index in [1.807, 2.05) is 44.2 Å². The summed E-state index contributed by atoms with van der Waals surface area (Å²) < 4.78 is 26.6. The number of benzene rings is 3. The summed E-state index contributed by atoms with van der Waals surface area (Å²) in [5, 5.41) is 3.80. The number of rotatable bonds is 12. The summed E-state index contributed by atoms with van der Waals surface area (Å²) in [7, 11) is -3.92. The van der Waals surface area contributed by atoms with E-state index in [1.54, 1.807) is 36.4 Å². The van der Waals surface area contributed by atoms with Crippen LogP contribution in [0.5, 0.6) is 0 Å². The fraction of sp³-hybridized carbons (Fsp3) is 0.310. The molecule has 214 valence electrons. The molecule has 0 saturated heterocycles. The number of hydrogen-bond acceptors (Lipinski definition) is 4. The molecule has 11 heteroatoms. The van der Waals surface area contributed by atoms with Gasteiger partial charge in [0, 0.05) is 19.0 Å². The van der Waals surface area contributed by atoms with Gasteiger partial charge in [-0.25, -0.2) is 8.42 Å². The van der Waals surface area contributed by atoms with Crippen molar-refractivity contribution in [3.05, 3.63) is 99.0 Å². The zero-order chi connectivity index (χ0) is 29.4. The average Bonchev–Trinajstić information content (AvgIpc) is 2.91. The van der Waals surface area contributed by atoms with Crippen LogP contribution < -0.4 is 9.62 Å².